The van der Waals surface area contributed by atoms with Crippen molar-refractivity contribution in [3.63, 3.8) is 0 Å². The molecule has 0 aliphatic carbocycles. The first-order valence-electron chi connectivity index (χ1n) is 6.01. The Labute approximate surface area is 112 Å². The highest BCUT2D eigenvalue weighted by atomic mass is 16.5. The minimum Gasteiger partial charge on any atom is -0.469 e. The molecule has 19 heavy (non-hydrogen) atoms. The number of carbonyl (C=O) groups is 2. The van der Waals surface area contributed by atoms with Gasteiger partial charge in [-0.3, -0.25) is 14.3 Å². The van der Waals surface area contributed by atoms with Crippen LogP contribution in [0.5, 0.6) is 0 Å². The second-order valence-corrected chi connectivity index (χ2v) is 4.22. The molecule has 1 aromatic rings. The van der Waals surface area contributed by atoms with E-state index in [4.69, 9.17) is 0 Å². The minimum atomic E-state index is -0.258. The monoisotopic (exact) mass is 265 g/mol. The van der Waals surface area contributed by atoms with Crippen molar-refractivity contribution >= 4 is 18.0 Å². The van der Waals surface area contributed by atoms with Crippen molar-refractivity contribution in [1.29, 1.82) is 0 Å². The summed E-state index contributed by atoms with van der Waals surface area (Å²) in [6, 6.07) is 0. The summed E-state index contributed by atoms with van der Waals surface area (Å²) in [6.45, 7) is 0.519. The Morgan fingerprint density at radius 3 is 2.84 bits per heavy atom. The highest BCUT2D eigenvalue weighted by Crippen LogP contribution is 2.01. The molecule has 104 valence electrons. The molecule has 6 heteroatoms. The van der Waals surface area contributed by atoms with Crippen molar-refractivity contribution in [2.24, 2.45) is 7.05 Å². The molecular weight excluding hydrogens is 246 g/mol. The number of carbonyl (C=O) groups excluding carboxylic acids is 2. The number of aryl methyl sites for hydroxylation is 1. The van der Waals surface area contributed by atoms with Gasteiger partial charge in [-0.15, -0.1) is 0 Å². The highest BCUT2D eigenvalue weighted by Gasteiger charge is 2.06. The molecule has 1 aromatic heterocycles. The molecule has 0 saturated carbocycles. The first-order chi connectivity index (χ1) is 9.02. The number of ether oxygens (including phenoxy) is 1. The van der Waals surface area contributed by atoms with E-state index in [9.17, 15) is 9.59 Å². The zero-order valence-electron chi connectivity index (χ0n) is 11.5. The predicted octanol–water partition coefficient (Wildman–Crippen LogP) is 0.845. The van der Waals surface area contributed by atoms with E-state index >= 15 is 0 Å². The van der Waals surface area contributed by atoms with E-state index in [-0.39, 0.29) is 11.9 Å². The zero-order chi connectivity index (χ0) is 14.3. The molecule has 0 saturated heterocycles. The van der Waals surface area contributed by atoms with Gasteiger partial charge in [0.25, 0.3) is 0 Å². The average molecular weight is 265 g/mol. The van der Waals surface area contributed by atoms with Gasteiger partial charge in [-0.2, -0.15) is 5.10 Å². The fraction of sp³-hybridized carbons (Fsp3) is 0.462. The van der Waals surface area contributed by atoms with Gasteiger partial charge in [0.2, 0.25) is 5.91 Å². The van der Waals surface area contributed by atoms with E-state index in [1.54, 1.807) is 28.9 Å². The Hall–Kier alpha value is -2.11. The summed E-state index contributed by atoms with van der Waals surface area (Å²) in [6.07, 6.45) is 7.62. The van der Waals surface area contributed by atoms with Gasteiger partial charge in [-0.25, -0.2) is 0 Å². The second-order valence-electron chi connectivity index (χ2n) is 4.22. The smallest absolute Gasteiger partial charge is 0.305 e. The number of hydrogen-bond donors (Lipinski definition) is 0. The summed E-state index contributed by atoms with van der Waals surface area (Å²) in [4.78, 5) is 24.3. The van der Waals surface area contributed by atoms with Crippen LogP contribution in [0, 0.1) is 0 Å². The topological polar surface area (TPSA) is 64.4 Å². The number of esters is 1. The van der Waals surface area contributed by atoms with Crippen LogP contribution < -0.4 is 0 Å². The fourth-order valence-electron chi connectivity index (χ4n) is 1.49. The molecular formula is C13H19N3O3. The van der Waals surface area contributed by atoms with Gasteiger partial charge in [0.1, 0.15) is 0 Å². The van der Waals surface area contributed by atoms with E-state index < -0.39 is 0 Å². The van der Waals surface area contributed by atoms with Crippen molar-refractivity contribution in [2.75, 3.05) is 20.7 Å². The van der Waals surface area contributed by atoms with Gasteiger partial charge < -0.3 is 9.64 Å². The van der Waals surface area contributed by atoms with Gasteiger partial charge in [0, 0.05) is 44.9 Å². The molecule has 0 atom stereocenters. The van der Waals surface area contributed by atoms with E-state index in [1.807, 2.05) is 13.2 Å². The number of likely N-dealkylation sites (N-methyl/N-ethyl adjacent to an activating group) is 1. The molecule has 0 spiro atoms. The van der Waals surface area contributed by atoms with Crippen molar-refractivity contribution in [3.05, 3.63) is 24.0 Å². The third-order valence-electron chi connectivity index (χ3n) is 2.62. The zero-order valence-corrected chi connectivity index (χ0v) is 11.5. The highest BCUT2D eigenvalue weighted by molar-refractivity contribution is 5.91. The number of methoxy groups -OCH3 is 1. The SMILES string of the molecule is COC(=O)CCCN(C)C(=O)/C=C/c1cnn(C)c1. The first-order valence-corrected chi connectivity index (χ1v) is 6.01. The van der Waals surface area contributed by atoms with Crippen LogP contribution in [0.1, 0.15) is 18.4 Å². The lowest BCUT2D eigenvalue weighted by Gasteiger charge is -2.14. The van der Waals surface area contributed by atoms with Gasteiger partial charge in [0.15, 0.2) is 0 Å². The maximum absolute atomic E-state index is 11.8. The third-order valence-corrected chi connectivity index (χ3v) is 2.62. The number of rotatable bonds is 6. The lowest BCUT2D eigenvalue weighted by molar-refractivity contribution is -0.141. The Bertz CT molecular complexity index is 465. The molecule has 0 N–H and O–H groups in total. The number of nitrogens with zero attached hydrogens (tertiary/aromatic N) is 3. The Balaban J connectivity index is 2.36. The van der Waals surface area contributed by atoms with Crippen LogP contribution >= 0.6 is 0 Å². The van der Waals surface area contributed by atoms with E-state index in [0.29, 0.717) is 19.4 Å². The molecule has 0 fully saturated rings. The Kier molecular flexibility index (Phi) is 5.78. The third kappa shape index (κ3) is 5.37. The fourth-order valence-corrected chi connectivity index (χ4v) is 1.49. The summed E-state index contributed by atoms with van der Waals surface area (Å²) in [5.74, 6) is -0.361. The van der Waals surface area contributed by atoms with Crippen LogP contribution in [0.4, 0.5) is 0 Å². The van der Waals surface area contributed by atoms with Gasteiger partial charge in [0.05, 0.1) is 13.3 Å². The summed E-state index contributed by atoms with van der Waals surface area (Å²) < 4.78 is 6.21. The molecule has 0 aliphatic heterocycles. The van der Waals surface area contributed by atoms with Gasteiger partial charge >= 0.3 is 5.97 Å². The summed E-state index contributed by atoms with van der Waals surface area (Å²) in [5.41, 5.74) is 0.874. The van der Waals surface area contributed by atoms with Crippen LogP contribution in [0.2, 0.25) is 0 Å². The first kappa shape index (κ1) is 14.9. The molecule has 1 rings (SSSR count). The van der Waals surface area contributed by atoms with Crippen LogP contribution in [-0.4, -0.2) is 47.3 Å². The van der Waals surface area contributed by atoms with E-state index in [0.717, 1.165) is 5.56 Å². The Morgan fingerprint density at radius 1 is 1.53 bits per heavy atom. The van der Waals surface area contributed by atoms with Crippen molar-refractivity contribution in [1.82, 2.24) is 14.7 Å². The van der Waals surface area contributed by atoms with Gasteiger partial charge in [-0.05, 0) is 12.5 Å². The summed E-state index contributed by atoms with van der Waals surface area (Å²) in [7, 11) is 4.87. The molecule has 0 bridgehead atoms. The number of amides is 1. The maximum Gasteiger partial charge on any atom is 0.305 e. The van der Waals surface area contributed by atoms with Crippen LogP contribution in [0.15, 0.2) is 18.5 Å². The quantitative estimate of drug-likeness (QED) is 0.565. The molecule has 0 unspecified atom stereocenters. The van der Waals surface area contributed by atoms with Gasteiger partial charge in [-0.1, -0.05) is 0 Å². The molecule has 1 heterocycles. The van der Waals surface area contributed by atoms with Crippen LogP contribution in [0.25, 0.3) is 6.08 Å². The molecule has 0 radical (unpaired) electrons. The van der Waals surface area contributed by atoms with E-state index in [2.05, 4.69) is 9.84 Å². The lowest BCUT2D eigenvalue weighted by Crippen LogP contribution is -2.26. The van der Waals surface area contributed by atoms with Crippen molar-refractivity contribution in [2.45, 2.75) is 12.8 Å². The van der Waals surface area contributed by atoms with E-state index in [1.165, 1.54) is 13.2 Å². The average Bonchev–Trinajstić information content (AvgIpc) is 2.81. The summed E-state index contributed by atoms with van der Waals surface area (Å²) in [5, 5.41) is 4.01. The normalized spacial score (nSPS) is 10.7. The predicted molar refractivity (Wildman–Crippen MR) is 71.1 cm³/mol. The number of hydrogen-bond acceptors (Lipinski definition) is 4. The lowest BCUT2D eigenvalue weighted by atomic mass is 10.3. The van der Waals surface area contributed by atoms with Crippen molar-refractivity contribution < 1.29 is 14.3 Å². The summed E-state index contributed by atoms with van der Waals surface area (Å²) >= 11 is 0. The molecule has 1 amide bonds. The second kappa shape index (κ2) is 7.35. The van der Waals surface area contributed by atoms with Crippen LogP contribution in [-0.2, 0) is 21.4 Å². The molecule has 6 nitrogen and oxygen atoms in total. The number of aromatic nitrogens is 2. The largest absolute Gasteiger partial charge is 0.469 e. The van der Waals surface area contributed by atoms with Crippen LogP contribution in [0.3, 0.4) is 0 Å². The maximum atomic E-state index is 11.8. The van der Waals surface area contributed by atoms with Crippen molar-refractivity contribution in [3.8, 4) is 0 Å². The minimum absolute atomic E-state index is 0.103. The molecule has 0 aromatic carbocycles. The Morgan fingerprint density at radius 2 is 2.26 bits per heavy atom. The standard InChI is InChI=1S/C13H19N3O3/c1-15(8-4-5-13(18)19-3)12(17)7-6-11-9-14-16(2)10-11/h6-7,9-10H,4-5,8H2,1-3H3/b7-6+. The molecule has 0 aliphatic rings.